The molecule has 2 heterocycles. The molecular weight excluding hydrogens is 212 g/mol. The first-order chi connectivity index (χ1) is 7.39. The molecule has 0 spiro atoms. The average Bonchev–Trinajstić information content (AvgIpc) is 2.47. The van der Waals surface area contributed by atoms with Crippen molar-refractivity contribution in [3.05, 3.63) is 0 Å². The highest BCUT2D eigenvalue weighted by Crippen LogP contribution is 2.33. The van der Waals surface area contributed by atoms with Crippen LogP contribution in [0.25, 0.3) is 0 Å². The van der Waals surface area contributed by atoms with Crippen LogP contribution in [0.2, 0.25) is 0 Å². The fraction of sp³-hybridized carbons (Fsp3) is 0.800. The van der Waals surface area contributed by atoms with Gasteiger partial charge in [0.15, 0.2) is 11.9 Å². The van der Waals surface area contributed by atoms with Crippen LogP contribution >= 0.6 is 0 Å². The third-order valence-electron chi connectivity index (χ3n) is 2.56. The van der Waals surface area contributed by atoms with Crippen LogP contribution in [0.1, 0.15) is 20.8 Å². The van der Waals surface area contributed by atoms with Crippen molar-refractivity contribution < 1.29 is 19.0 Å². The minimum Gasteiger partial charge on any atom is -0.458 e. The lowest BCUT2D eigenvalue weighted by molar-refractivity contribution is -0.167. The molecule has 0 amide bonds. The standard InChI is InChI=1S/C10H16N2O4/c1-5(13)14-6-4-12-9(11)8-7(6)15-10(2,3)16-8/h6-8H,4H2,1-3H3,(H2,11,12)/t6-,7-,8?/m1/s1. The minimum absolute atomic E-state index is 0.325. The number of carbonyl (C=O) groups excluding carboxylic acids is 1. The largest absolute Gasteiger partial charge is 0.458 e. The third-order valence-corrected chi connectivity index (χ3v) is 2.56. The Balaban J connectivity index is 2.18. The van der Waals surface area contributed by atoms with Gasteiger partial charge in [-0.1, -0.05) is 0 Å². The molecule has 0 bridgehead atoms. The summed E-state index contributed by atoms with van der Waals surface area (Å²) in [6.07, 6.45) is -1.21. The van der Waals surface area contributed by atoms with Crippen LogP contribution < -0.4 is 5.73 Å². The average molecular weight is 228 g/mol. The van der Waals surface area contributed by atoms with Gasteiger partial charge in [-0.25, -0.2) is 0 Å². The second-order valence-corrected chi connectivity index (χ2v) is 4.43. The van der Waals surface area contributed by atoms with Crippen LogP contribution in [0.4, 0.5) is 0 Å². The Bertz CT molecular complexity index is 340. The zero-order valence-corrected chi connectivity index (χ0v) is 9.60. The lowest BCUT2D eigenvalue weighted by Gasteiger charge is -2.28. The topological polar surface area (TPSA) is 83.1 Å². The van der Waals surface area contributed by atoms with Crippen LogP contribution in [0.5, 0.6) is 0 Å². The van der Waals surface area contributed by atoms with E-state index in [0.29, 0.717) is 12.4 Å². The van der Waals surface area contributed by atoms with Gasteiger partial charge >= 0.3 is 5.97 Å². The molecule has 0 radical (unpaired) electrons. The molecule has 2 aliphatic rings. The van der Waals surface area contributed by atoms with E-state index in [1.54, 1.807) is 13.8 Å². The Labute approximate surface area is 93.7 Å². The van der Waals surface area contributed by atoms with Gasteiger partial charge < -0.3 is 19.9 Å². The number of hydrogen-bond donors (Lipinski definition) is 1. The number of hydrogen-bond acceptors (Lipinski definition) is 6. The Morgan fingerprint density at radius 2 is 2.25 bits per heavy atom. The molecule has 0 aliphatic carbocycles. The highest BCUT2D eigenvalue weighted by atomic mass is 16.8. The predicted octanol–water partition coefficient (Wildman–Crippen LogP) is -0.191. The van der Waals surface area contributed by atoms with E-state index in [0.717, 1.165) is 0 Å². The molecule has 2 N–H and O–H groups in total. The number of fused-ring (bicyclic) bond motifs is 1. The van der Waals surface area contributed by atoms with Crippen LogP contribution in [0.3, 0.4) is 0 Å². The fourth-order valence-electron chi connectivity index (χ4n) is 2.00. The molecule has 90 valence electrons. The van der Waals surface area contributed by atoms with Crippen molar-refractivity contribution in [2.45, 2.75) is 44.9 Å². The number of aliphatic imine (C=N–C) groups is 1. The number of amidine groups is 1. The van der Waals surface area contributed by atoms with Crippen LogP contribution in [0, 0.1) is 0 Å². The van der Waals surface area contributed by atoms with Gasteiger partial charge in [0.2, 0.25) is 0 Å². The van der Waals surface area contributed by atoms with Gasteiger partial charge in [-0.05, 0) is 13.8 Å². The van der Waals surface area contributed by atoms with Crippen LogP contribution in [-0.4, -0.2) is 42.4 Å². The number of nitrogens with two attached hydrogens (primary N) is 1. The van der Waals surface area contributed by atoms with Crippen molar-refractivity contribution >= 4 is 11.8 Å². The van der Waals surface area contributed by atoms with Crippen molar-refractivity contribution in [1.82, 2.24) is 0 Å². The molecule has 0 saturated carbocycles. The molecular formula is C10H16N2O4. The number of nitrogens with zero attached hydrogens (tertiary/aromatic N) is 1. The molecule has 1 fully saturated rings. The maximum atomic E-state index is 10.9. The van der Waals surface area contributed by atoms with E-state index >= 15 is 0 Å². The molecule has 16 heavy (non-hydrogen) atoms. The summed E-state index contributed by atoms with van der Waals surface area (Å²) in [5.41, 5.74) is 5.74. The number of rotatable bonds is 1. The van der Waals surface area contributed by atoms with Gasteiger partial charge in [0, 0.05) is 6.92 Å². The molecule has 6 nitrogen and oxygen atoms in total. The first-order valence-electron chi connectivity index (χ1n) is 5.22. The molecule has 1 unspecified atom stereocenters. The third kappa shape index (κ3) is 2.03. The van der Waals surface area contributed by atoms with E-state index in [2.05, 4.69) is 4.99 Å². The van der Waals surface area contributed by atoms with Crippen molar-refractivity contribution in [2.24, 2.45) is 10.7 Å². The monoisotopic (exact) mass is 228 g/mol. The zero-order chi connectivity index (χ0) is 11.9. The number of ether oxygens (including phenoxy) is 3. The minimum atomic E-state index is -0.724. The summed E-state index contributed by atoms with van der Waals surface area (Å²) in [6.45, 7) is 5.27. The summed E-state index contributed by atoms with van der Waals surface area (Å²) < 4.78 is 16.4. The fourth-order valence-corrected chi connectivity index (χ4v) is 2.00. The van der Waals surface area contributed by atoms with Crippen molar-refractivity contribution in [1.29, 1.82) is 0 Å². The van der Waals surface area contributed by atoms with E-state index in [1.165, 1.54) is 6.92 Å². The molecule has 0 aromatic carbocycles. The molecule has 0 aromatic rings. The zero-order valence-electron chi connectivity index (χ0n) is 9.60. The first kappa shape index (κ1) is 11.3. The Morgan fingerprint density at radius 1 is 1.56 bits per heavy atom. The lowest BCUT2D eigenvalue weighted by atomic mass is 10.0. The molecule has 1 saturated heterocycles. The summed E-state index contributed by atoms with van der Waals surface area (Å²) >= 11 is 0. The Kier molecular flexibility index (Phi) is 2.63. The van der Waals surface area contributed by atoms with E-state index in [9.17, 15) is 4.79 Å². The van der Waals surface area contributed by atoms with Crippen LogP contribution in [-0.2, 0) is 19.0 Å². The predicted molar refractivity (Wildman–Crippen MR) is 55.9 cm³/mol. The quantitative estimate of drug-likeness (QED) is 0.629. The summed E-state index contributed by atoms with van der Waals surface area (Å²) in [5.74, 6) is -0.676. The molecule has 0 aromatic heterocycles. The van der Waals surface area contributed by atoms with Crippen LogP contribution in [0.15, 0.2) is 4.99 Å². The van der Waals surface area contributed by atoms with Gasteiger partial charge in [-0.15, -0.1) is 0 Å². The van der Waals surface area contributed by atoms with Gasteiger partial charge in [-0.3, -0.25) is 9.79 Å². The first-order valence-corrected chi connectivity index (χ1v) is 5.22. The smallest absolute Gasteiger partial charge is 0.303 e. The maximum Gasteiger partial charge on any atom is 0.303 e. The second-order valence-electron chi connectivity index (χ2n) is 4.43. The van der Waals surface area contributed by atoms with Crippen molar-refractivity contribution in [2.75, 3.05) is 6.54 Å². The molecule has 2 aliphatic heterocycles. The van der Waals surface area contributed by atoms with E-state index < -0.39 is 18.0 Å². The Morgan fingerprint density at radius 3 is 2.88 bits per heavy atom. The van der Waals surface area contributed by atoms with Crippen molar-refractivity contribution in [3.8, 4) is 0 Å². The highest BCUT2D eigenvalue weighted by Gasteiger charge is 2.50. The summed E-state index contributed by atoms with van der Waals surface area (Å²) in [4.78, 5) is 15.0. The highest BCUT2D eigenvalue weighted by molar-refractivity contribution is 5.86. The van der Waals surface area contributed by atoms with Gasteiger partial charge in [-0.2, -0.15) is 0 Å². The van der Waals surface area contributed by atoms with E-state index in [-0.39, 0.29) is 12.1 Å². The SMILES string of the molecule is CC(=O)O[C@@H]1CN=C(N)C2OC(C)(C)O[C@@H]21. The number of carbonyl (C=O) groups is 1. The second kappa shape index (κ2) is 3.71. The number of esters is 1. The molecule has 3 atom stereocenters. The maximum absolute atomic E-state index is 10.9. The lowest BCUT2D eigenvalue weighted by Crippen LogP contribution is -2.50. The molecule has 6 heteroatoms. The summed E-state index contributed by atoms with van der Waals surface area (Å²) in [6, 6.07) is 0. The van der Waals surface area contributed by atoms with Gasteiger partial charge in [0.05, 0.1) is 6.54 Å². The normalized spacial score (nSPS) is 36.4. The van der Waals surface area contributed by atoms with Gasteiger partial charge in [0.1, 0.15) is 18.0 Å². The van der Waals surface area contributed by atoms with Crippen molar-refractivity contribution in [3.63, 3.8) is 0 Å². The summed E-state index contributed by atoms with van der Waals surface area (Å²) in [5, 5.41) is 0. The molecule has 2 rings (SSSR count). The van der Waals surface area contributed by atoms with Gasteiger partial charge in [0.25, 0.3) is 0 Å². The van der Waals surface area contributed by atoms with E-state index in [4.69, 9.17) is 19.9 Å². The Hall–Kier alpha value is -1.14. The van der Waals surface area contributed by atoms with E-state index in [1.807, 2.05) is 0 Å². The summed E-state index contributed by atoms with van der Waals surface area (Å²) in [7, 11) is 0.